The van der Waals surface area contributed by atoms with Gasteiger partial charge in [-0.05, 0) is 17.7 Å². The van der Waals surface area contributed by atoms with Crippen LogP contribution in [-0.2, 0) is 4.79 Å². The Morgan fingerprint density at radius 2 is 1.85 bits per heavy atom. The maximum atomic E-state index is 12.3. The average molecular weight is 368 g/mol. The van der Waals surface area contributed by atoms with E-state index in [1.54, 1.807) is 21.1 Å². The second-order valence-electron chi connectivity index (χ2n) is 7.14. The number of hydrogen-bond acceptors (Lipinski definition) is 6. The Labute approximate surface area is 158 Å². The molecule has 0 radical (unpaired) electrons. The number of carbonyl (C=O) groups is 1. The molecule has 3 heterocycles. The number of rotatable bonds is 4. The monoisotopic (exact) mass is 368 g/mol. The molecule has 0 bridgehead atoms. The Morgan fingerprint density at radius 3 is 2.52 bits per heavy atom. The number of carbonyl (C=O) groups excluding carboxylic acids is 1. The summed E-state index contributed by atoms with van der Waals surface area (Å²) in [5, 5.41) is 0. The first-order chi connectivity index (χ1) is 13.1. The Hall–Kier alpha value is -2.83. The van der Waals surface area contributed by atoms with Crippen molar-refractivity contribution in [3.63, 3.8) is 0 Å². The van der Waals surface area contributed by atoms with Crippen LogP contribution in [0.4, 0.5) is 5.82 Å². The standard InChI is InChI=1S/C20H24N4O3/c1-13(25)24-10-15-9-23(18-8-19(27-3)22-12-21-18)11-17(15)20(24)14-4-6-16(26-2)7-5-14/h4-8,12,15,17,20H,9-11H2,1-3H3/t15-,17-,20+/m1/s1. The number of likely N-dealkylation sites (tertiary alicyclic amines) is 1. The van der Waals surface area contributed by atoms with Gasteiger partial charge >= 0.3 is 0 Å². The molecule has 0 saturated carbocycles. The fraction of sp³-hybridized carbons (Fsp3) is 0.450. The highest BCUT2D eigenvalue weighted by atomic mass is 16.5. The first kappa shape index (κ1) is 17.6. The maximum Gasteiger partial charge on any atom is 0.219 e. The van der Waals surface area contributed by atoms with Gasteiger partial charge in [0, 0.05) is 44.5 Å². The number of ether oxygens (including phenoxy) is 2. The number of amides is 1. The fourth-order valence-electron chi connectivity index (χ4n) is 4.40. The molecule has 2 aliphatic rings. The number of anilines is 1. The SMILES string of the molecule is COc1ccc([C@H]2[C@@H]3CN(c4cc(OC)ncn4)C[C@@H]3CN2C(C)=O)cc1. The zero-order valence-electron chi connectivity index (χ0n) is 15.8. The van der Waals surface area contributed by atoms with Crippen LogP contribution < -0.4 is 14.4 Å². The molecule has 7 nitrogen and oxygen atoms in total. The van der Waals surface area contributed by atoms with Gasteiger partial charge in [0.15, 0.2) is 0 Å². The van der Waals surface area contributed by atoms with E-state index < -0.39 is 0 Å². The molecule has 2 aliphatic heterocycles. The topological polar surface area (TPSA) is 67.8 Å². The molecule has 0 N–H and O–H groups in total. The van der Waals surface area contributed by atoms with E-state index in [2.05, 4.69) is 27.0 Å². The van der Waals surface area contributed by atoms with Crippen LogP contribution in [0.25, 0.3) is 0 Å². The van der Waals surface area contributed by atoms with Gasteiger partial charge in [0.25, 0.3) is 0 Å². The Bertz CT molecular complexity index is 826. The van der Waals surface area contributed by atoms with Crippen molar-refractivity contribution in [1.29, 1.82) is 0 Å². The summed E-state index contributed by atoms with van der Waals surface area (Å²) in [6.45, 7) is 4.16. The van der Waals surface area contributed by atoms with Crippen LogP contribution in [0.2, 0.25) is 0 Å². The van der Waals surface area contributed by atoms with E-state index in [1.807, 2.05) is 23.1 Å². The zero-order valence-corrected chi connectivity index (χ0v) is 15.8. The first-order valence-corrected chi connectivity index (χ1v) is 9.13. The molecule has 0 unspecified atom stereocenters. The number of fused-ring (bicyclic) bond motifs is 1. The summed E-state index contributed by atoms with van der Waals surface area (Å²) >= 11 is 0. The van der Waals surface area contributed by atoms with Gasteiger partial charge in [0.2, 0.25) is 11.8 Å². The molecular formula is C20H24N4O3. The predicted molar refractivity (Wildman–Crippen MR) is 101 cm³/mol. The smallest absolute Gasteiger partial charge is 0.219 e. The highest BCUT2D eigenvalue weighted by molar-refractivity contribution is 5.74. The van der Waals surface area contributed by atoms with Gasteiger partial charge < -0.3 is 19.3 Å². The molecule has 142 valence electrons. The maximum absolute atomic E-state index is 12.3. The van der Waals surface area contributed by atoms with E-state index in [4.69, 9.17) is 9.47 Å². The zero-order chi connectivity index (χ0) is 19.0. The van der Waals surface area contributed by atoms with Gasteiger partial charge in [-0.25, -0.2) is 9.97 Å². The van der Waals surface area contributed by atoms with Gasteiger partial charge in [-0.1, -0.05) is 12.1 Å². The summed E-state index contributed by atoms with van der Waals surface area (Å²) in [6.07, 6.45) is 1.53. The molecule has 2 saturated heterocycles. The van der Waals surface area contributed by atoms with Gasteiger partial charge in [0.05, 0.1) is 20.3 Å². The van der Waals surface area contributed by atoms with Gasteiger partial charge in [0.1, 0.15) is 17.9 Å². The van der Waals surface area contributed by atoms with Crippen molar-refractivity contribution in [2.45, 2.75) is 13.0 Å². The number of methoxy groups -OCH3 is 2. The average Bonchev–Trinajstić information content (AvgIpc) is 3.26. The summed E-state index contributed by atoms with van der Waals surface area (Å²) in [6, 6.07) is 10.0. The Morgan fingerprint density at radius 1 is 1.07 bits per heavy atom. The fourth-order valence-corrected chi connectivity index (χ4v) is 4.40. The summed E-state index contributed by atoms with van der Waals surface area (Å²) in [5.41, 5.74) is 1.15. The summed E-state index contributed by atoms with van der Waals surface area (Å²) < 4.78 is 10.5. The van der Waals surface area contributed by atoms with Crippen molar-refractivity contribution in [3.05, 3.63) is 42.2 Å². The molecule has 0 spiro atoms. The molecule has 3 atom stereocenters. The minimum atomic E-state index is 0.0761. The molecule has 0 aliphatic carbocycles. The highest BCUT2D eigenvalue weighted by Gasteiger charge is 2.48. The molecule has 1 aromatic carbocycles. The van der Waals surface area contributed by atoms with Crippen LogP contribution in [0.1, 0.15) is 18.5 Å². The predicted octanol–water partition coefficient (Wildman–Crippen LogP) is 2.15. The van der Waals surface area contributed by atoms with E-state index in [9.17, 15) is 4.79 Å². The van der Waals surface area contributed by atoms with Crippen LogP contribution >= 0.6 is 0 Å². The molecule has 2 aromatic rings. The van der Waals surface area contributed by atoms with Crippen LogP contribution in [0.5, 0.6) is 11.6 Å². The second-order valence-corrected chi connectivity index (χ2v) is 7.14. The van der Waals surface area contributed by atoms with Gasteiger partial charge in [-0.3, -0.25) is 4.79 Å². The van der Waals surface area contributed by atoms with Crippen LogP contribution in [0.15, 0.2) is 36.7 Å². The lowest BCUT2D eigenvalue weighted by molar-refractivity contribution is -0.130. The summed E-state index contributed by atoms with van der Waals surface area (Å²) in [7, 11) is 3.27. The lowest BCUT2D eigenvalue weighted by atomic mass is 9.89. The minimum absolute atomic E-state index is 0.0761. The van der Waals surface area contributed by atoms with Gasteiger partial charge in [-0.15, -0.1) is 0 Å². The highest BCUT2D eigenvalue weighted by Crippen LogP contribution is 2.46. The molecule has 7 heteroatoms. The first-order valence-electron chi connectivity index (χ1n) is 9.13. The van der Waals surface area contributed by atoms with E-state index >= 15 is 0 Å². The van der Waals surface area contributed by atoms with E-state index in [0.29, 0.717) is 17.7 Å². The van der Waals surface area contributed by atoms with Crippen molar-refractivity contribution >= 4 is 11.7 Å². The minimum Gasteiger partial charge on any atom is -0.497 e. The van der Waals surface area contributed by atoms with Crippen LogP contribution in [-0.4, -0.2) is 54.6 Å². The number of benzene rings is 1. The van der Waals surface area contributed by atoms with Crippen molar-refractivity contribution in [3.8, 4) is 11.6 Å². The van der Waals surface area contributed by atoms with Crippen molar-refractivity contribution in [2.75, 3.05) is 38.8 Å². The largest absolute Gasteiger partial charge is 0.497 e. The van der Waals surface area contributed by atoms with E-state index in [0.717, 1.165) is 36.8 Å². The molecular weight excluding hydrogens is 344 g/mol. The van der Waals surface area contributed by atoms with Crippen molar-refractivity contribution < 1.29 is 14.3 Å². The number of aromatic nitrogens is 2. The second kappa shape index (κ2) is 7.06. The van der Waals surface area contributed by atoms with E-state index in [-0.39, 0.29) is 11.9 Å². The molecule has 4 rings (SSSR count). The third-order valence-corrected chi connectivity index (χ3v) is 5.69. The number of nitrogens with zero attached hydrogens (tertiary/aromatic N) is 4. The third kappa shape index (κ3) is 3.18. The van der Waals surface area contributed by atoms with Crippen molar-refractivity contribution in [2.24, 2.45) is 11.8 Å². The summed E-state index contributed by atoms with van der Waals surface area (Å²) in [4.78, 5) is 25.0. The molecule has 27 heavy (non-hydrogen) atoms. The third-order valence-electron chi connectivity index (χ3n) is 5.69. The lowest BCUT2D eigenvalue weighted by Gasteiger charge is -2.29. The van der Waals surface area contributed by atoms with Gasteiger partial charge in [-0.2, -0.15) is 0 Å². The van der Waals surface area contributed by atoms with Crippen LogP contribution in [0, 0.1) is 11.8 Å². The summed E-state index contributed by atoms with van der Waals surface area (Å²) in [5.74, 6) is 3.17. The molecule has 1 aromatic heterocycles. The molecule has 2 fully saturated rings. The molecule has 1 amide bonds. The van der Waals surface area contributed by atoms with Crippen molar-refractivity contribution in [1.82, 2.24) is 14.9 Å². The quantitative estimate of drug-likeness (QED) is 0.824. The van der Waals surface area contributed by atoms with E-state index in [1.165, 1.54) is 6.33 Å². The Kier molecular flexibility index (Phi) is 4.59. The normalized spacial score (nSPS) is 24.0. The van der Waals surface area contributed by atoms with Crippen LogP contribution in [0.3, 0.4) is 0 Å². The lowest BCUT2D eigenvalue weighted by Crippen LogP contribution is -2.34. The Balaban J connectivity index is 1.60. The number of hydrogen-bond donors (Lipinski definition) is 0.